The zero-order valence-electron chi connectivity index (χ0n) is 24.3. The number of rotatable bonds is 10. The number of nitrogens with zero attached hydrogens (tertiary/aromatic N) is 5. The molecular weight excluding hydrogens is 548 g/mol. The highest BCUT2D eigenvalue weighted by atomic mass is 16.5. The Morgan fingerprint density at radius 3 is 2.49 bits per heavy atom. The van der Waals surface area contributed by atoms with Gasteiger partial charge in [0, 0.05) is 49.1 Å². The van der Waals surface area contributed by atoms with Crippen LogP contribution in [0.4, 0.5) is 17.2 Å². The Bertz CT molecular complexity index is 1670. The molecule has 4 aromatic rings. The lowest BCUT2D eigenvalue weighted by molar-refractivity contribution is -0.117. The minimum absolute atomic E-state index is 0.0190. The molecule has 0 unspecified atom stereocenters. The zero-order valence-corrected chi connectivity index (χ0v) is 24.3. The molecule has 1 aromatic carbocycles. The lowest BCUT2D eigenvalue weighted by atomic mass is 10.0. The summed E-state index contributed by atoms with van der Waals surface area (Å²) < 4.78 is 5.78. The van der Waals surface area contributed by atoms with E-state index in [0.29, 0.717) is 34.9 Å². The lowest BCUT2D eigenvalue weighted by Crippen LogP contribution is -2.27. The average molecular weight is 581 g/mol. The molecule has 3 aromatic heterocycles. The molecule has 220 valence electrons. The van der Waals surface area contributed by atoms with Crippen LogP contribution in [0.25, 0.3) is 11.1 Å². The Morgan fingerprint density at radius 1 is 1.02 bits per heavy atom. The summed E-state index contributed by atoms with van der Waals surface area (Å²) in [5, 5.41) is 16.6. The van der Waals surface area contributed by atoms with Gasteiger partial charge < -0.3 is 25.6 Å². The van der Waals surface area contributed by atoms with Crippen molar-refractivity contribution in [2.24, 2.45) is 5.92 Å². The molecule has 1 aliphatic rings. The Balaban J connectivity index is 1.39. The summed E-state index contributed by atoms with van der Waals surface area (Å²) in [4.78, 5) is 48.4. The molecule has 0 atom stereocenters. The van der Waals surface area contributed by atoms with E-state index in [1.165, 1.54) is 14.2 Å². The number of carbonyl (C=O) groups is 3. The smallest absolute Gasteiger partial charge is 0.273 e. The first-order chi connectivity index (χ1) is 20.8. The minimum Gasteiger partial charge on any atom is -0.494 e. The summed E-state index contributed by atoms with van der Waals surface area (Å²) in [5.74, 6) is -0.107. The maximum atomic E-state index is 13.0. The first kappa shape index (κ1) is 29.1. The number of carbonyl (C=O) groups excluding carboxylic acids is 3. The second-order valence-corrected chi connectivity index (χ2v) is 10.2. The maximum Gasteiger partial charge on any atom is 0.273 e. The molecular formula is C31H32N8O4. The van der Waals surface area contributed by atoms with Crippen molar-refractivity contribution in [2.45, 2.75) is 26.3 Å². The fourth-order valence-electron chi connectivity index (χ4n) is 4.51. The van der Waals surface area contributed by atoms with Crippen LogP contribution >= 0.6 is 0 Å². The van der Waals surface area contributed by atoms with Crippen molar-refractivity contribution in [1.29, 1.82) is 0 Å². The number of anilines is 3. The van der Waals surface area contributed by atoms with Gasteiger partial charge in [-0.1, -0.05) is 24.3 Å². The number of nitrogens with one attached hydrogen (secondary N) is 3. The third kappa shape index (κ3) is 6.75. The van der Waals surface area contributed by atoms with Crippen LogP contribution in [0.2, 0.25) is 0 Å². The normalized spacial score (nSPS) is 12.3. The molecule has 12 nitrogen and oxygen atoms in total. The van der Waals surface area contributed by atoms with Gasteiger partial charge >= 0.3 is 0 Å². The standard InChI is InChI=1S/C31H32N8O4/c1-18-7-5-8-21(34-18)17-39(3)31(42)24-14-13-20(16-33-24)22-9-6-10-23(28(22)43-4)35-25-15-26(36-29(40)19-11-12-19)37-38-27(25)30(41)32-2/h5-10,13-16,19H,11-12,17H2,1-4H3,(H,32,41)(H2,35,36,37,40). The van der Waals surface area contributed by atoms with E-state index in [1.54, 1.807) is 42.4 Å². The molecule has 1 saturated carbocycles. The van der Waals surface area contributed by atoms with Gasteiger partial charge in [-0.05, 0) is 44.0 Å². The Labute approximate surface area is 248 Å². The van der Waals surface area contributed by atoms with Crippen LogP contribution in [0.5, 0.6) is 5.75 Å². The fourth-order valence-corrected chi connectivity index (χ4v) is 4.51. The highest BCUT2D eigenvalue weighted by molar-refractivity contribution is 6.00. The fraction of sp³-hybridized carbons (Fsp3) is 0.258. The van der Waals surface area contributed by atoms with E-state index in [1.807, 2.05) is 37.3 Å². The number of hydrogen-bond donors (Lipinski definition) is 3. The first-order valence-corrected chi connectivity index (χ1v) is 13.8. The minimum atomic E-state index is -0.446. The lowest BCUT2D eigenvalue weighted by Gasteiger charge is -2.18. The van der Waals surface area contributed by atoms with Gasteiger partial charge in [-0.25, -0.2) is 0 Å². The van der Waals surface area contributed by atoms with Crippen molar-refractivity contribution in [1.82, 2.24) is 30.4 Å². The van der Waals surface area contributed by atoms with Crippen LogP contribution in [0, 0.1) is 12.8 Å². The monoisotopic (exact) mass is 580 g/mol. The molecule has 0 radical (unpaired) electrons. The van der Waals surface area contributed by atoms with Crippen molar-refractivity contribution in [3.63, 3.8) is 0 Å². The summed E-state index contributed by atoms with van der Waals surface area (Å²) in [7, 11) is 4.75. The van der Waals surface area contributed by atoms with E-state index in [4.69, 9.17) is 4.74 Å². The average Bonchev–Trinajstić information content (AvgIpc) is 3.86. The maximum absolute atomic E-state index is 13.0. The van der Waals surface area contributed by atoms with Gasteiger partial charge in [-0.3, -0.25) is 24.4 Å². The van der Waals surface area contributed by atoms with Crippen molar-refractivity contribution in [3.05, 3.63) is 83.6 Å². The molecule has 12 heteroatoms. The summed E-state index contributed by atoms with van der Waals surface area (Å²) in [5.41, 5.74) is 4.34. The van der Waals surface area contributed by atoms with E-state index in [-0.39, 0.29) is 29.2 Å². The topological polar surface area (TPSA) is 151 Å². The van der Waals surface area contributed by atoms with Gasteiger partial charge in [0.05, 0.1) is 30.7 Å². The SMILES string of the molecule is CNC(=O)c1nnc(NC(=O)C2CC2)cc1Nc1cccc(-c2ccc(C(=O)N(C)Cc3cccc(C)n3)nc2)c1OC. The molecule has 0 bridgehead atoms. The Kier molecular flexibility index (Phi) is 8.56. The van der Waals surface area contributed by atoms with Crippen LogP contribution in [-0.2, 0) is 11.3 Å². The summed E-state index contributed by atoms with van der Waals surface area (Å²) >= 11 is 0. The number of aromatic nitrogens is 4. The highest BCUT2D eigenvalue weighted by Crippen LogP contribution is 2.38. The van der Waals surface area contributed by atoms with Crippen molar-refractivity contribution >= 4 is 34.9 Å². The second kappa shape index (κ2) is 12.6. The molecule has 0 aliphatic heterocycles. The third-order valence-electron chi connectivity index (χ3n) is 6.91. The van der Waals surface area contributed by atoms with E-state index in [9.17, 15) is 14.4 Å². The molecule has 0 saturated heterocycles. The van der Waals surface area contributed by atoms with Gasteiger partial charge in [0.1, 0.15) is 11.4 Å². The van der Waals surface area contributed by atoms with E-state index < -0.39 is 5.91 Å². The number of benzene rings is 1. The van der Waals surface area contributed by atoms with Crippen LogP contribution in [0.3, 0.4) is 0 Å². The summed E-state index contributed by atoms with van der Waals surface area (Å²) in [6, 6.07) is 16.2. The van der Waals surface area contributed by atoms with E-state index in [0.717, 1.165) is 29.8 Å². The van der Waals surface area contributed by atoms with Crippen molar-refractivity contribution in [2.75, 3.05) is 31.8 Å². The van der Waals surface area contributed by atoms with Gasteiger partial charge in [0.15, 0.2) is 11.5 Å². The molecule has 43 heavy (non-hydrogen) atoms. The Morgan fingerprint density at radius 2 is 1.81 bits per heavy atom. The third-order valence-corrected chi connectivity index (χ3v) is 6.91. The number of amides is 3. The quantitative estimate of drug-likeness (QED) is 0.253. The summed E-state index contributed by atoms with van der Waals surface area (Å²) in [6.07, 6.45) is 3.30. The predicted octanol–water partition coefficient (Wildman–Crippen LogP) is 3.97. The Hall–Kier alpha value is -5.39. The number of pyridine rings is 2. The molecule has 1 aliphatic carbocycles. The first-order valence-electron chi connectivity index (χ1n) is 13.8. The van der Waals surface area contributed by atoms with Crippen LogP contribution < -0.4 is 20.7 Å². The molecule has 1 fully saturated rings. The largest absolute Gasteiger partial charge is 0.494 e. The van der Waals surface area contributed by atoms with Gasteiger partial charge in [0.2, 0.25) is 5.91 Å². The number of aryl methyl sites for hydroxylation is 1. The van der Waals surface area contributed by atoms with Crippen molar-refractivity contribution < 1.29 is 19.1 Å². The van der Waals surface area contributed by atoms with Gasteiger partial charge in [0.25, 0.3) is 11.8 Å². The number of para-hydroxylation sites is 1. The molecule has 0 spiro atoms. The predicted molar refractivity (Wildman–Crippen MR) is 161 cm³/mol. The molecule has 3 amide bonds. The van der Waals surface area contributed by atoms with Crippen molar-refractivity contribution in [3.8, 4) is 16.9 Å². The van der Waals surface area contributed by atoms with Gasteiger partial charge in [-0.15, -0.1) is 10.2 Å². The second-order valence-electron chi connectivity index (χ2n) is 10.2. The van der Waals surface area contributed by atoms with E-state index >= 15 is 0 Å². The van der Waals surface area contributed by atoms with Crippen LogP contribution in [0.15, 0.2) is 60.8 Å². The summed E-state index contributed by atoms with van der Waals surface area (Å²) in [6.45, 7) is 2.27. The van der Waals surface area contributed by atoms with Gasteiger partial charge in [-0.2, -0.15) is 0 Å². The number of hydrogen-bond acceptors (Lipinski definition) is 9. The van der Waals surface area contributed by atoms with Crippen LogP contribution in [-0.4, -0.2) is 64.0 Å². The number of methoxy groups -OCH3 is 1. The van der Waals surface area contributed by atoms with Crippen LogP contribution in [0.1, 0.15) is 45.2 Å². The highest BCUT2D eigenvalue weighted by Gasteiger charge is 2.30. The van der Waals surface area contributed by atoms with E-state index in [2.05, 4.69) is 36.1 Å². The molecule has 5 rings (SSSR count). The molecule has 3 heterocycles. The number of ether oxygens (including phenoxy) is 1. The zero-order chi connectivity index (χ0) is 30.5. The molecule has 3 N–H and O–H groups in total.